The van der Waals surface area contributed by atoms with Gasteiger partial charge in [0.2, 0.25) is 0 Å². The lowest BCUT2D eigenvalue weighted by atomic mass is 10.1. The first-order chi connectivity index (χ1) is 5.52. The zero-order valence-electron chi connectivity index (χ0n) is 6.82. The fourth-order valence-electron chi connectivity index (χ4n) is 1.02. The third-order valence-electron chi connectivity index (χ3n) is 1.70. The first-order valence-corrected chi connectivity index (χ1v) is 4.94. The van der Waals surface area contributed by atoms with Crippen LogP contribution in [0.5, 0.6) is 0 Å². The Kier molecular flexibility index (Phi) is 3.12. The highest BCUT2D eigenvalue weighted by atomic mass is 127. The van der Waals surface area contributed by atoms with E-state index in [0.29, 0.717) is 5.56 Å². The summed E-state index contributed by atoms with van der Waals surface area (Å²) in [5.74, 6) is 0. The topological polar surface area (TPSA) is 17.1 Å². The molecular formula is C9H8ClIO. The van der Waals surface area contributed by atoms with Gasteiger partial charge in [0, 0.05) is 9.13 Å². The summed E-state index contributed by atoms with van der Waals surface area (Å²) in [4.78, 5) is 10.9. The van der Waals surface area contributed by atoms with E-state index < -0.39 is 0 Å². The van der Waals surface area contributed by atoms with Gasteiger partial charge in [0.1, 0.15) is 0 Å². The second-order valence-corrected chi connectivity index (χ2v) is 4.20. The minimum absolute atomic E-state index is 0.380. The van der Waals surface area contributed by atoms with Crippen LogP contribution in [-0.4, -0.2) is 5.24 Å². The Morgan fingerprint density at radius 3 is 2.50 bits per heavy atom. The van der Waals surface area contributed by atoms with Gasteiger partial charge in [-0.05, 0) is 71.3 Å². The highest BCUT2D eigenvalue weighted by Crippen LogP contribution is 2.19. The predicted octanol–water partition coefficient (Wildman–Crippen LogP) is 3.29. The molecule has 0 aliphatic rings. The van der Waals surface area contributed by atoms with Crippen LogP contribution in [0.4, 0.5) is 0 Å². The van der Waals surface area contributed by atoms with Crippen molar-refractivity contribution in [2.45, 2.75) is 13.8 Å². The number of hydrogen-bond donors (Lipinski definition) is 0. The highest BCUT2D eigenvalue weighted by Gasteiger charge is 2.08. The lowest BCUT2D eigenvalue weighted by Gasteiger charge is -2.04. The molecular weight excluding hydrogens is 286 g/mol. The van der Waals surface area contributed by atoms with Crippen molar-refractivity contribution in [3.05, 3.63) is 32.4 Å². The zero-order chi connectivity index (χ0) is 9.30. The van der Waals surface area contributed by atoms with Crippen LogP contribution in [0, 0.1) is 17.4 Å². The van der Waals surface area contributed by atoms with Gasteiger partial charge in [-0.25, -0.2) is 0 Å². The summed E-state index contributed by atoms with van der Waals surface area (Å²) >= 11 is 7.61. The van der Waals surface area contributed by atoms with Crippen LogP contribution in [0.2, 0.25) is 0 Å². The molecule has 0 saturated heterocycles. The number of aryl methyl sites for hydroxylation is 1. The molecule has 0 amide bonds. The van der Waals surface area contributed by atoms with E-state index in [-0.39, 0.29) is 5.24 Å². The van der Waals surface area contributed by atoms with Crippen molar-refractivity contribution >= 4 is 39.4 Å². The maximum atomic E-state index is 10.9. The Morgan fingerprint density at radius 2 is 2.00 bits per heavy atom. The van der Waals surface area contributed by atoms with Gasteiger partial charge < -0.3 is 0 Å². The van der Waals surface area contributed by atoms with E-state index >= 15 is 0 Å². The van der Waals surface area contributed by atoms with E-state index in [0.717, 1.165) is 14.7 Å². The standard InChI is InChI=1S/C9H8ClIO/c1-5-3-7(9(10)12)6(2)8(11)4-5/h3-4H,1-2H3. The van der Waals surface area contributed by atoms with Crippen LogP contribution in [0.3, 0.4) is 0 Å². The monoisotopic (exact) mass is 294 g/mol. The first kappa shape index (κ1) is 9.99. The Morgan fingerprint density at radius 1 is 1.42 bits per heavy atom. The van der Waals surface area contributed by atoms with Crippen LogP contribution in [-0.2, 0) is 0 Å². The maximum Gasteiger partial charge on any atom is 0.252 e. The minimum atomic E-state index is -0.380. The summed E-state index contributed by atoms with van der Waals surface area (Å²) in [6.07, 6.45) is 0. The Hall–Kier alpha value is -0.0900. The number of hydrogen-bond acceptors (Lipinski definition) is 1. The maximum absolute atomic E-state index is 10.9. The SMILES string of the molecule is Cc1cc(I)c(C)c(C(=O)Cl)c1. The summed E-state index contributed by atoms with van der Waals surface area (Å²) in [7, 11) is 0. The zero-order valence-corrected chi connectivity index (χ0v) is 9.73. The van der Waals surface area contributed by atoms with Gasteiger partial charge in [-0.15, -0.1) is 0 Å². The van der Waals surface area contributed by atoms with Crippen molar-refractivity contribution in [3.63, 3.8) is 0 Å². The molecule has 1 aromatic carbocycles. The lowest BCUT2D eigenvalue weighted by Crippen LogP contribution is -1.96. The summed E-state index contributed by atoms with van der Waals surface area (Å²) in [6.45, 7) is 3.85. The molecule has 1 aromatic rings. The molecule has 0 bridgehead atoms. The van der Waals surface area contributed by atoms with Crippen LogP contribution in [0.1, 0.15) is 21.5 Å². The van der Waals surface area contributed by atoms with Crippen molar-refractivity contribution in [2.24, 2.45) is 0 Å². The van der Waals surface area contributed by atoms with Gasteiger partial charge in [0.15, 0.2) is 0 Å². The highest BCUT2D eigenvalue weighted by molar-refractivity contribution is 14.1. The van der Waals surface area contributed by atoms with Gasteiger partial charge in [-0.3, -0.25) is 4.79 Å². The van der Waals surface area contributed by atoms with E-state index in [1.165, 1.54) is 0 Å². The largest absolute Gasteiger partial charge is 0.276 e. The molecule has 0 atom stereocenters. The minimum Gasteiger partial charge on any atom is -0.276 e. The fourth-order valence-corrected chi connectivity index (χ4v) is 2.00. The van der Waals surface area contributed by atoms with Crippen LogP contribution >= 0.6 is 34.2 Å². The summed E-state index contributed by atoms with van der Waals surface area (Å²) in [5.41, 5.74) is 2.64. The molecule has 0 radical (unpaired) electrons. The summed E-state index contributed by atoms with van der Waals surface area (Å²) in [6, 6.07) is 3.84. The third kappa shape index (κ3) is 1.98. The van der Waals surface area contributed by atoms with E-state index in [1.54, 1.807) is 0 Å². The van der Waals surface area contributed by atoms with E-state index in [2.05, 4.69) is 22.6 Å². The summed E-state index contributed by atoms with van der Waals surface area (Å²) in [5, 5.41) is -0.380. The van der Waals surface area contributed by atoms with E-state index in [1.807, 2.05) is 26.0 Å². The Balaban J connectivity index is 3.37. The third-order valence-corrected chi connectivity index (χ3v) is 3.02. The molecule has 0 spiro atoms. The van der Waals surface area contributed by atoms with Crippen molar-refractivity contribution in [3.8, 4) is 0 Å². The van der Waals surface area contributed by atoms with Crippen LogP contribution in [0.25, 0.3) is 0 Å². The number of rotatable bonds is 1. The summed E-state index contributed by atoms with van der Waals surface area (Å²) < 4.78 is 1.08. The Bertz CT molecular complexity index is 334. The smallest absolute Gasteiger partial charge is 0.252 e. The van der Waals surface area contributed by atoms with Crippen molar-refractivity contribution in [2.75, 3.05) is 0 Å². The molecule has 0 saturated carbocycles. The Labute approximate surface area is 90.3 Å². The van der Waals surface area contributed by atoms with Crippen LogP contribution < -0.4 is 0 Å². The molecule has 1 nitrogen and oxygen atoms in total. The lowest BCUT2D eigenvalue weighted by molar-refractivity contribution is 0.108. The van der Waals surface area contributed by atoms with Crippen LogP contribution in [0.15, 0.2) is 12.1 Å². The van der Waals surface area contributed by atoms with Gasteiger partial charge in [-0.1, -0.05) is 0 Å². The average molecular weight is 295 g/mol. The molecule has 0 aliphatic heterocycles. The molecule has 0 aromatic heterocycles. The predicted molar refractivity (Wildman–Crippen MR) is 58.8 cm³/mol. The van der Waals surface area contributed by atoms with Crippen molar-refractivity contribution in [1.82, 2.24) is 0 Å². The number of halogens is 2. The van der Waals surface area contributed by atoms with Gasteiger partial charge in [0.05, 0.1) is 0 Å². The molecule has 0 unspecified atom stereocenters. The quantitative estimate of drug-likeness (QED) is 0.574. The molecule has 3 heteroatoms. The van der Waals surface area contributed by atoms with Crippen molar-refractivity contribution in [1.29, 1.82) is 0 Å². The number of carbonyl (C=O) groups is 1. The molecule has 64 valence electrons. The van der Waals surface area contributed by atoms with Gasteiger partial charge >= 0.3 is 0 Å². The molecule has 12 heavy (non-hydrogen) atoms. The fraction of sp³-hybridized carbons (Fsp3) is 0.222. The van der Waals surface area contributed by atoms with E-state index in [4.69, 9.17) is 11.6 Å². The van der Waals surface area contributed by atoms with E-state index in [9.17, 15) is 4.79 Å². The second kappa shape index (κ2) is 3.75. The number of carbonyl (C=O) groups excluding carboxylic acids is 1. The first-order valence-electron chi connectivity index (χ1n) is 3.49. The molecule has 1 rings (SSSR count). The number of benzene rings is 1. The molecule has 0 fully saturated rings. The molecule has 0 aliphatic carbocycles. The average Bonchev–Trinajstić information content (AvgIpc) is 1.96. The second-order valence-electron chi connectivity index (χ2n) is 2.69. The van der Waals surface area contributed by atoms with Crippen molar-refractivity contribution < 1.29 is 4.79 Å². The van der Waals surface area contributed by atoms with Gasteiger partial charge in [-0.2, -0.15) is 0 Å². The van der Waals surface area contributed by atoms with Gasteiger partial charge in [0.25, 0.3) is 5.24 Å². The normalized spacial score (nSPS) is 10.0. The molecule has 0 heterocycles. The molecule has 0 N–H and O–H groups in total.